The summed E-state index contributed by atoms with van der Waals surface area (Å²) in [7, 11) is 0. The fraction of sp³-hybridized carbons (Fsp3) is 0.308. The third kappa shape index (κ3) is 1.59. The van der Waals surface area contributed by atoms with Gasteiger partial charge in [0.2, 0.25) is 5.91 Å². The lowest BCUT2D eigenvalue weighted by Gasteiger charge is -2.31. The van der Waals surface area contributed by atoms with E-state index >= 15 is 0 Å². The lowest BCUT2D eigenvalue weighted by Crippen LogP contribution is -2.55. The molecule has 5 heteroatoms. The van der Waals surface area contributed by atoms with E-state index in [4.69, 9.17) is 4.74 Å². The molecule has 2 rings (SSSR count). The average molecular weight is 247 g/mol. The number of benzene rings is 1. The maximum Gasteiger partial charge on any atom is 0.325 e. The summed E-state index contributed by atoms with van der Waals surface area (Å²) in [4.78, 5) is 35.7. The minimum absolute atomic E-state index is 0.178. The van der Waals surface area contributed by atoms with Gasteiger partial charge in [0.1, 0.15) is 0 Å². The Kier molecular flexibility index (Phi) is 2.90. The summed E-state index contributed by atoms with van der Waals surface area (Å²) in [6.07, 6.45) is 0. The average Bonchev–Trinajstić information content (AvgIpc) is 2.36. The molecule has 2 amide bonds. The Morgan fingerprint density at radius 3 is 2.67 bits per heavy atom. The van der Waals surface area contributed by atoms with E-state index in [-0.39, 0.29) is 6.61 Å². The van der Waals surface area contributed by atoms with Crippen LogP contribution in [0.25, 0.3) is 0 Å². The zero-order chi connectivity index (χ0) is 13.3. The van der Waals surface area contributed by atoms with E-state index in [9.17, 15) is 14.4 Å². The number of carbonyl (C=O) groups is 3. The van der Waals surface area contributed by atoms with Crippen molar-refractivity contribution in [2.24, 2.45) is 0 Å². The van der Waals surface area contributed by atoms with Gasteiger partial charge in [0.25, 0.3) is 5.91 Å². The molecule has 1 aromatic carbocycles. The van der Waals surface area contributed by atoms with Gasteiger partial charge in [-0.05, 0) is 25.5 Å². The highest BCUT2D eigenvalue weighted by Crippen LogP contribution is 2.32. The summed E-state index contributed by atoms with van der Waals surface area (Å²) in [6, 6.07) is 6.54. The zero-order valence-electron chi connectivity index (χ0n) is 10.1. The number of carbonyl (C=O) groups excluding carboxylic acids is 3. The molecule has 0 spiro atoms. The van der Waals surface area contributed by atoms with Crippen LogP contribution in [0.2, 0.25) is 0 Å². The van der Waals surface area contributed by atoms with Crippen LogP contribution in [0.1, 0.15) is 29.8 Å². The van der Waals surface area contributed by atoms with Crippen molar-refractivity contribution in [2.75, 3.05) is 6.61 Å². The van der Waals surface area contributed by atoms with Gasteiger partial charge in [-0.2, -0.15) is 0 Å². The number of fused-ring (bicyclic) bond motifs is 1. The van der Waals surface area contributed by atoms with E-state index in [0.29, 0.717) is 11.1 Å². The number of ether oxygens (including phenoxy) is 1. The Morgan fingerprint density at radius 2 is 2.00 bits per heavy atom. The van der Waals surface area contributed by atoms with Crippen LogP contribution < -0.4 is 5.32 Å². The number of esters is 1. The van der Waals surface area contributed by atoms with Crippen molar-refractivity contribution in [1.82, 2.24) is 5.32 Å². The second kappa shape index (κ2) is 4.25. The van der Waals surface area contributed by atoms with E-state index in [1.54, 1.807) is 31.2 Å². The molecule has 94 valence electrons. The summed E-state index contributed by atoms with van der Waals surface area (Å²) in [5, 5.41) is 2.19. The van der Waals surface area contributed by atoms with E-state index in [1.165, 1.54) is 6.92 Å². The first-order valence-corrected chi connectivity index (χ1v) is 5.64. The van der Waals surface area contributed by atoms with E-state index in [2.05, 4.69) is 5.32 Å². The molecule has 0 saturated heterocycles. The lowest BCUT2D eigenvalue weighted by molar-refractivity contribution is -0.154. The van der Waals surface area contributed by atoms with Crippen molar-refractivity contribution in [1.29, 1.82) is 0 Å². The standard InChI is InChI=1S/C13H13NO4/c1-3-18-12(17)13(2)9-7-5-4-6-8(9)10(15)14-11(13)16/h4-7H,3H2,1-2H3,(H,14,15,16). The van der Waals surface area contributed by atoms with Crippen LogP contribution in [-0.4, -0.2) is 24.4 Å². The Labute approximate surface area is 104 Å². The van der Waals surface area contributed by atoms with Crippen LogP contribution >= 0.6 is 0 Å². The number of hydrogen-bond donors (Lipinski definition) is 1. The van der Waals surface area contributed by atoms with E-state index < -0.39 is 23.2 Å². The Balaban J connectivity index is 2.60. The molecular formula is C13H13NO4. The van der Waals surface area contributed by atoms with Gasteiger partial charge in [-0.15, -0.1) is 0 Å². The first-order valence-electron chi connectivity index (χ1n) is 5.64. The van der Waals surface area contributed by atoms with E-state index in [0.717, 1.165) is 0 Å². The molecule has 0 saturated carbocycles. The maximum atomic E-state index is 12.0. The van der Waals surface area contributed by atoms with Crippen molar-refractivity contribution in [2.45, 2.75) is 19.3 Å². The molecule has 1 N–H and O–H groups in total. The predicted octanol–water partition coefficient (Wildman–Crippen LogP) is 0.777. The lowest BCUT2D eigenvalue weighted by atomic mass is 9.76. The van der Waals surface area contributed by atoms with Gasteiger partial charge in [-0.25, -0.2) is 0 Å². The first kappa shape index (κ1) is 12.3. The molecule has 1 heterocycles. The molecule has 0 radical (unpaired) electrons. The summed E-state index contributed by atoms with van der Waals surface area (Å²) in [5.41, 5.74) is -0.759. The Hall–Kier alpha value is -2.17. The fourth-order valence-electron chi connectivity index (χ4n) is 2.01. The minimum atomic E-state index is -1.47. The van der Waals surface area contributed by atoms with Crippen molar-refractivity contribution < 1.29 is 19.1 Å². The van der Waals surface area contributed by atoms with Gasteiger partial charge >= 0.3 is 5.97 Å². The highest BCUT2D eigenvalue weighted by atomic mass is 16.5. The molecule has 1 aromatic rings. The maximum absolute atomic E-state index is 12.0. The summed E-state index contributed by atoms with van der Waals surface area (Å²) < 4.78 is 4.94. The second-order valence-corrected chi connectivity index (χ2v) is 4.17. The minimum Gasteiger partial charge on any atom is -0.465 e. The number of amides is 2. The molecule has 1 unspecified atom stereocenters. The van der Waals surface area contributed by atoms with Gasteiger partial charge in [0.05, 0.1) is 6.61 Å². The molecule has 1 aliphatic rings. The third-order valence-corrected chi connectivity index (χ3v) is 3.08. The van der Waals surface area contributed by atoms with Crippen molar-refractivity contribution in [3.05, 3.63) is 35.4 Å². The highest BCUT2D eigenvalue weighted by molar-refractivity contribution is 6.20. The molecule has 1 aliphatic heterocycles. The quantitative estimate of drug-likeness (QED) is 0.476. The molecule has 18 heavy (non-hydrogen) atoms. The van der Waals surface area contributed by atoms with Gasteiger partial charge in [0, 0.05) is 5.56 Å². The number of imide groups is 1. The van der Waals surface area contributed by atoms with Gasteiger partial charge in [-0.3, -0.25) is 19.7 Å². The number of rotatable bonds is 2. The molecule has 0 bridgehead atoms. The Bertz CT molecular complexity index is 538. The second-order valence-electron chi connectivity index (χ2n) is 4.17. The fourth-order valence-corrected chi connectivity index (χ4v) is 2.01. The normalized spacial score (nSPS) is 22.1. The van der Waals surface area contributed by atoms with Gasteiger partial charge in [0.15, 0.2) is 5.41 Å². The SMILES string of the molecule is CCOC(=O)C1(C)C(=O)NC(=O)c2ccccc21. The predicted molar refractivity (Wildman–Crippen MR) is 62.9 cm³/mol. The zero-order valence-corrected chi connectivity index (χ0v) is 10.1. The van der Waals surface area contributed by atoms with Crippen LogP contribution in [0.5, 0.6) is 0 Å². The van der Waals surface area contributed by atoms with Crippen LogP contribution in [0.15, 0.2) is 24.3 Å². The summed E-state index contributed by atoms with van der Waals surface area (Å²) in [6.45, 7) is 3.31. The van der Waals surface area contributed by atoms with Crippen molar-refractivity contribution in [3.8, 4) is 0 Å². The van der Waals surface area contributed by atoms with Crippen LogP contribution in [0, 0.1) is 0 Å². The van der Waals surface area contributed by atoms with E-state index in [1.807, 2.05) is 0 Å². The Morgan fingerprint density at radius 1 is 1.33 bits per heavy atom. The highest BCUT2D eigenvalue weighted by Gasteiger charge is 2.50. The molecule has 5 nitrogen and oxygen atoms in total. The number of nitrogens with one attached hydrogen (secondary N) is 1. The van der Waals surface area contributed by atoms with Gasteiger partial charge < -0.3 is 4.74 Å². The molecule has 0 aromatic heterocycles. The molecule has 1 atom stereocenters. The van der Waals surface area contributed by atoms with Crippen LogP contribution in [0.4, 0.5) is 0 Å². The van der Waals surface area contributed by atoms with Crippen LogP contribution in [-0.2, 0) is 19.7 Å². The first-order chi connectivity index (χ1) is 8.51. The summed E-state index contributed by atoms with van der Waals surface area (Å²) in [5.74, 6) is -1.79. The topological polar surface area (TPSA) is 72.5 Å². The molecule has 0 aliphatic carbocycles. The molecular weight excluding hydrogens is 234 g/mol. The van der Waals surface area contributed by atoms with Crippen LogP contribution in [0.3, 0.4) is 0 Å². The largest absolute Gasteiger partial charge is 0.465 e. The number of hydrogen-bond acceptors (Lipinski definition) is 4. The van der Waals surface area contributed by atoms with Crippen molar-refractivity contribution >= 4 is 17.8 Å². The van der Waals surface area contributed by atoms with Crippen molar-refractivity contribution in [3.63, 3.8) is 0 Å². The van der Waals surface area contributed by atoms with Gasteiger partial charge in [-0.1, -0.05) is 18.2 Å². The summed E-state index contributed by atoms with van der Waals surface area (Å²) >= 11 is 0. The monoisotopic (exact) mass is 247 g/mol. The molecule has 0 fully saturated rings. The third-order valence-electron chi connectivity index (χ3n) is 3.08. The smallest absolute Gasteiger partial charge is 0.325 e.